The van der Waals surface area contributed by atoms with Gasteiger partial charge in [0.05, 0.1) is 11.4 Å². The summed E-state index contributed by atoms with van der Waals surface area (Å²) in [6, 6.07) is 7.20. The molecule has 1 atom stereocenters. The Hall–Kier alpha value is -2.10. The first-order chi connectivity index (χ1) is 8.63. The van der Waals surface area contributed by atoms with Crippen LogP contribution in [0, 0.1) is 0 Å². The van der Waals surface area contributed by atoms with Crippen LogP contribution in [0.25, 0.3) is 0 Å². The largest absolute Gasteiger partial charge is 0.324 e. The molecule has 0 fully saturated rings. The zero-order chi connectivity index (χ0) is 13.1. The summed E-state index contributed by atoms with van der Waals surface area (Å²) in [6.45, 7) is 3.68. The summed E-state index contributed by atoms with van der Waals surface area (Å²) < 4.78 is 0. The number of carbonyl (C=O) groups excluding carboxylic acids is 2. The number of amides is 2. The minimum Gasteiger partial charge on any atom is -0.324 e. The normalized spacial score (nSPS) is 19.3. The Kier molecular flexibility index (Phi) is 3.46. The fraction of sp³-hybridized carbons (Fsp3) is 0.286. The molecule has 4 nitrogen and oxygen atoms in total. The van der Waals surface area contributed by atoms with Gasteiger partial charge in [-0.1, -0.05) is 18.2 Å². The Morgan fingerprint density at radius 2 is 2.17 bits per heavy atom. The van der Waals surface area contributed by atoms with Crippen molar-refractivity contribution in [2.45, 2.75) is 26.3 Å². The van der Waals surface area contributed by atoms with Gasteiger partial charge in [-0.15, -0.1) is 0 Å². The second kappa shape index (κ2) is 5.04. The van der Waals surface area contributed by atoms with Crippen molar-refractivity contribution in [3.05, 3.63) is 36.4 Å². The lowest BCUT2D eigenvalue weighted by atomic mass is 10.1. The van der Waals surface area contributed by atoms with Crippen molar-refractivity contribution in [2.24, 2.45) is 0 Å². The maximum atomic E-state index is 12.1. The Labute approximate surface area is 106 Å². The number of carbonyl (C=O) groups is 2. The van der Waals surface area contributed by atoms with Gasteiger partial charge in [0, 0.05) is 12.5 Å². The molecule has 0 spiro atoms. The molecule has 0 aliphatic carbocycles. The number of hydrogen-bond acceptors (Lipinski definition) is 2. The van der Waals surface area contributed by atoms with E-state index in [0.29, 0.717) is 12.1 Å². The quantitative estimate of drug-likeness (QED) is 0.771. The van der Waals surface area contributed by atoms with Gasteiger partial charge in [0.2, 0.25) is 5.91 Å². The molecule has 1 aromatic carbocycles. The second-order valence-electron chi connectivity index (χ2n) is 4.33. The Morgan fingerprint density at radius 1 is 1.44 bits per heavy atom. The van der Waals surface area contributed by atoms with Crippen molar-refractivity contribution >= 4 is 23.2 Å². The number of nitrogens with zero attached hydrogens (tertiary/aromatic N) is 1. The summed E-state index contributed by atoms with van der Waals surface area (Å²) in [6.07, 6.45) is 3.53. The van der Waals surface area contributed by atoms with Gasteiger partial charge in [0.25, 0.3) is 5.91 Å². The molecule has 0 unspecified atom stereocenters. The SMILES string of the molecule is C/C=C\C(=O)N1c2ccccc2NC(=O)C[C@H]1C. The van der Waals surface area contributed by atoms with Crippen LogP contribution in [0.1, 0.15) is 20.3 Å². The van der Waals surface area contributed by atoms with E-state index in [1.165, 1.54) is 6.08 Å². The molecule has 1 N–H and O–H groups in total. The van der Waals surface area contributed by atoms with Crippen LogP contribution in [0.2, 0.25) is 0 Å². The molecule has 4 heteroatoms. The van der Waals surface area contributed by atoms with Crippen molar-refractivity contribution in [3.8, 4) is 0 Å². The highest BCUT2D eigenvalue weighted by atomic mass is 16.2. The minimum absolute atomic E-state index is 0.0641. The maximum absolute atomic E-state index is 12.1. The predicted octanol–water partition coefficient (Wildman–Crippen LogP) is 2.33. The summed E-state index contributed by atoms with van der Waals surface area (Å²) in [5, 5.41) is 2.82. The van der Waals surface area contributed by atoms with Gasteiger partial charge in [-0.25, -0.2) is 0 Å². The van der Waals surface area contributed by atoms with Crippen LogP contribution in [-0.4, -0.2) is 17.9 Å². The number of para-hydroxylation sites is 2. The van der Waals surface area contributed by atoms with Crippen LogP contribution in [0.4, 0.5) is 11.4 Å². The van der Waals surface area contributed by atoms with Gasteiger partial charge >= 0.3 is 0 Å². The molecule has 0 radical (unpaired) electrons. The number of benzene rings is 1. The van der Waals surface area contributed by atoms with Crippen LogP contribution in [0.5, 0.6) is 0 Å². The molecule has 0 aromatic heterocycles. The molecular weight excluding hydrogens is 228 g/mol. The number of hydrogen-bond donors (Lipinski definition) is 1. The molecule has 0 saturated carbocycles. The predicted molar refractivity (Wildman–Crippen MR) is 71.5 cm³/mol. The number of allylic oxidation sites excluding steroid dienone is 1. The zero-order valence-electron chi connectivity index (χ0n) is 10.5. The monoisotopic (exact) mass is 244 g/mol. The van der Waals surface area contributed by atoms with Gasteiger partial charge in [-0.05, 0) is 32.1 Å². The minimum atomic E-state index is -0.155. The van der Waals surface area contributed by atoms with Gasteiger partial charge in [0.15, 0.2) is 0 Å². The highest BCUT2D eigenvalue weighted by Gasteiger charge is 2.28. The van der Waals surface area contributed by atoms with Crippen molar-refractivity contribution in [1.29, 1.82) is 0 Å². The van der Waals surface area contributed by atoms with Gasteiger partial charge in [0.1, 0.15) is 0 Å². The van der Waals surface area contributed by atoms with Crippen molar-refractivity contribution < 1.29 is 9.59 Å². The summed E-state index contributed by atoms with van der Waals surface area (Å²) >= 11 is 0. The van der Waals surface area contributed by atoms with E-state index in [1.807, 2.05) is 25.1 Å². The average molecular weight is 244 g/mol. The third kappa shape index (κ3) is 2.27. The van der Waals surface area contributed by atoms with E-state index in [9.17, 15) is 9.59 Å². The Balaban J connectivity index is 2.49. The molecule has 1 aliphatic rings. The van der Waals surface area contributed by atoms with Crippen molar-refractivity contribution in [3.63, 3.8) is 0 Å². The van der Waals surface area contributed by atoms with Gasteiger partial charge < -0.3 is 10.2 Å². The summed E-state index contributed by atoms with van der Waals surface area (Å²) in [7, 11) is 0. The fourth-order valence-corrected chi connectivity index (χ4v) is 2.15. The van der Waals surface area contributed by atoms with E-state index in [0.717, 1.165) is 5.69 Å². The molecule has 94 valence electrons. The molecule has 2 rings (SSSR count). The number of anilines is 2. The van der Waals surface area contributed by atoms with E-state index in [4.69, 9.17) is 0 Å². The first-order valence-electron chi connectivity index (χ1n) is 5.98. The van der Waals surface area contributed by atoms with Gasteiger partial charge in [-0.2, -0.15) is 0 Å². The lowest BCUT2D eigenvalue weighted by Gasteiger charge is -2.26. The molecule has 0 bridgehead atoms. The number of rotatable bonds is 1. The summed E-state index contributed by atoms with van der Waals surface area (Å²) in [5.41, 5.74) is 1.43. The van der Waals surface area contributed by atoms with Crippen LogP contribution in [-0.2, 0) is 9.59 Å². The van der Waals surface area contributed by atoms with Crippen LogP contribution in [0.3, 0.4) is 0 Å². The second-order valence-corrected chi connectivity index (χ2v) is 4.33. The van der Waals surface area contributed by atoms with Crippen LogP contribution >= 0.6 is 0 Å². The lowest BCUT2D eigenvalue weighted by Crippen LogP contribution is -2.37. The third-order valence-corrected chi connectivity index (χ3v) is 2.91. The summed E-state index contributed by atoms with van der Waals surface area (Å²) in [5.74, 6) is -0.167. The smallest absolute Gasteiger partial charge is 0.250 e. The molecule has 0 saturated heterocycles. The van der Waals surface area contributed by atoms with E-state index < -0.39 is 0 Å². The molecule has 2 amide bonds. The molecule has 1 heterocycles. The van der Waals surface area contributed by atoms with E-state index >= 15 is 0 Å². The van der Waals surface area contributed by atoms with E-state index in [-0.39, 0.29) is 17.9 Å². The Morgan fingerprint density at radius 3 is 2.89 bits per heavy atom. The van der Waals surface area contributed by atoms with E-state index in [1.54, 1.807) is 24.0 Å². The topological polar surface area (TPSA) is 49.4 Å². The first-order valence-corrected chi connectivity index (χ1v) is 5.98. The third-order valence-electron chi connectivity index (χ3n) is 2.91. The Bertz CT molecular complexity index is 508. The first kappa shape index (κ1) is 12.4. The summed E-state index contributed by atoms with van der Waals surface area (Å²) in [4.78, 5) is 25.5. The highest BCUT2D eigenvalue weighted by Crippen LogP contribution is 2.31. The fourth-order valence-electron chi connectivity index (χ4n) is 2.15. The standard InChI is InChI=1S/C14H16N2O2/c1-3-6-14(18)16-10(2)9-13(17)15-11-7-4-5-8-12(11)16/h3-8,10H,9H2,1-2H3,(H,15,17)/b6-3-/t10-/m1/s1. The number of nitrogens with one attached hydrogen (secondary N) is 1. The highest BCUT2D eigenvalue weighted by molar-refractivity contribution is 6.08. The van der Waals surface area contributed by atoms with Gasteiger partial charge in [-0.3, -0.25) is 9.59 Å². The molecule has 1 aliphatic heterocycles. The maximum Gasteiger partial charge on any atom is 0.250 e. The van der Waals surface area contributed by atoms with E-state index in [2.05, 4.69) is 5.32 Å². The van der Waals surface area contributed by atoms with Crippen molar-refractivity contribution in [1.82, 2.24) is 0 Å². The van der Waals surface area contributed by atoms with Crippen LogP contribution < -0.4 is 10.2 Å². The lowest BCUT2D eigenvalue weighted by molar-refractivity contribution is -0.116. The average Bonchev–Trinajstić information content (AvgIpc) is 2.43. The molecule has 1 aromatic rings. The number of fused-ring (bicyclic) bond motifs is 1. The molecule has 18 heavy (non-hydrogen) atoms. The molecular formula is C14H16N2O2. The zero-order valence-corrected chi connectivity index (χ0v) is 10.5. The van der Waals surface area contributed by atoms with Crippen molar-refractivity contribution in [2.75, 3.05) is 10.2 Å². The van der Waals surface area contributed by atoms with Crippen LogP contribution in [0.15, 0.2) is 36.4 Å².